The lowest BCUT2D eigenvalue weighted by Crippen LogP contribution is -2.32. The van der Waals surface area contributed by atoms with Gasteiger partial charge in [0.2, 0.25) is 0 Å². The van der Waals surface area contributed by atoms with Crippen molar-refractivity contribution < 1.29 is 23.8 Å². The molecule has 3 heterocycles. The van der Waals surface area contributed by atoms with E-state index in [9.17, 15) is 9.59 Å². The van der Waals surface area contributed by atoms with Crippen molar-refractivity contribution in [3.8, 4) is 0 Å². The number of hydrogen-bond donors (Lipinski definition) is 1. The number of benzene rings is 1. The van der Waals surface area contributed by atoms with Crippen LogP contribution >= 0.6 is 11.3 Å². The van der Waals surface area contributed by atoms with Crippen molar-refractivity contribution in [1.82, 2.24) is 4.98 Å². The molecule has 0 bridgehead atoms. The van der Waals surface area contributed by atoms with Crippen LogP contribution in [-0.2, 0) is 29.4 Å². The van der Waals surface area contributed by atoms with E-state index in [-0.39, 0.29) is 19.4 Å². The Labute approximate surface area is 186 Å². The van der Waals surface area contributed by atoms with E-state index in [1.807, 2.05) is 36.6 Å². The molecule has 4 rings (SSSR count). The molecular weight excluding hydrogens is 416 g/mol. The van der Waals surface area contributed by atoms with Gasteiger partial charge in [0.15, 0.2) is 16.1 Å². The first-order chi connectivity index (χ1) is 14.7. The lowest BCUT2D eigenvalue weighted by molar-refractivity contribution is -0.160. The number of carbonyl (C=O) groups is 2. The highest BCUT2D eigenvalue weighted by atomic mass is 32.1. The molecule has 1 N–H and O–H groups in total. The molecule has 0 amide bonds. The summed E-state index contributed by atoms with van der Waals surface area (Å²) in [6, 6.07) is 8.01. The van der Waals surface area contributed by atoms with E-state index >= 15 is 0 Å². The topological polar surface area (TPSA) is 86.8 Å². The molecule has 8 heteroatoms. The van der Waals surface area contributed by atoms with Crippen LogP contribution in [0.4, 0.5) is 10.8 Å². The molecule has 2 aliphatic heterocycles. The molecule has 2 saturated heterocycles. The highest BCUT2D eigenvalue weighted by Crippen LogP contribution is 2.52. The van der Waals surface area contributed by atoms with Crippen molar-refractivity contribution in [3.63, 3.8) is 0 Å². The smallest absolute Gasteiger partial charge is 0.324 e. The first kappa shape index (κ1) is 21.8. The van der Waals surface area contributed by atoms with Crippen LogP contribution in [0.25, 0.3) is 0 Å². The number of carbonyl (C=O) groups excluding carboxylic acids is 2. The predicted molar refractivity (Wildman–Crippen MR) is 117 cm³/mol. The number of hydrogen-bond acceptors (Lipinski definition) is 8. The number of ether oxygens (including phenoxy) is 3. The van der Waals surface area contributed by atoms with Gasteiger partial charge < -0.3 is 19.5 Å². The fourth-order valence-electron chi connectivity index (χ4n) is 4.08. The Morgan fingerprint density at radius 2 is 2.00 bits per heavy atom. The summed E-state index contributed by atoms with van der Waals surface area (Å²) in [6.07, 6.45) is 0.0542. The van der Waals surface area contributed by atoms with Crippen LogP contribution < -0.4 is 5.32 Å². The number of cyclic esters (lactones) is 2. The molecule has 1 spiro atoms. The zero-order valence-electron chi connectivity index (χ0n) is 18.3. The van der Waals surface area contributed by atoms with Gasteiger partial charge in [-0.3, -0.25) is 9.59 Å². The molecule has 2 aromatic rings. The first-order valence-corrected chi connectivity index (χ1v) is 11.4. The van der Waals surface area contributed by atoms with E-state index < -0.39 is 29.1 Å². The highest BCUT2D eigenvalue weighted by molar-refractivity contribution is 7.13. The lowest BCUT2D eigenvalue weighted by Gasteiger charge is -2.20. The summed E-state index contributed by atoms with van der Waals surface area (Å²) in [6.45, 7) is 8.82. The summed E-state index contributed by atoms with van der Waals surface area (Å²) in [5, 5.41) is 5.84. The van der Waals surface area contributed by atoms with Crippen LogP contribution in [0, 0.1) is 18.3 Å². The van der Waals surface area contributed by atoms with E-state index in [0.717, 1.165) is 5.69 Å². The third kappa shape index (κ3) is 4.32. The van der Waals surface area contributed by atoms with E-state index in [4.69, 9.17) is 14.2 Å². The quantitative estimate of drug-likeness (QED) is 0.502. The third-order valence-corrected chi connectivity index (χ3v) is 6.45. The van der Waals surface area contributed by atoms with Crippen molar-refractivity contribution in [2.24, 2.45) is 11.3 Å². The molecule has 0 saturated carbocycles. The number of nitrogens with one attached hydrogen (secondary N) is 1. The largest absolute Gasteiger partial charge is 0.459 e. The maximum Gasteiger partial charge on any atom is 0.324 e. The Morgan fingerprint density at radius 3 is 2.71 bits per heavy atom. The van der Waals surface area contributed by atoms with Crippen molar-refractivity contribution in [2.75, 3.05) is 18.5 Å². The van der Waals surface area contributed by atoms with Crippen LogP contribution in [0.5, 0.6) is 0 Å². The van der Waals surface area contributed by atoms with Crippen LogP contribution in [-0.4, -0.2) is 36.2 Å². The summed E-state index contributed by atoms with van der Waals surface area (Å²) >= 11 is 1.43. The summed E-state index contributed by atoms with van der Waals surface area (Å²) < 4.78 is 16.8. The number of anilines is 2. The third-order valence-electron chi connectivity index (χ3n) is 5.69. The number of nitrogens with zero attached hydrogens (tertiary/aromatic N) is 1. The normalized spacial score (nSPS) is 27.7. The molecule has 1 aromatic carbocycles. The van der Waals surface area contributed by atoms with Crippen molar-refractivity contribution >= 4 is 34.1 Å². The standard InChI is InChI=1S/C23H28N2O5S/c1-14(2)10-28-11-17-9-23(19(26)29-17)13-22(4,30-20(23)27)18-12-31-21(25-18)24-16-7-5-15(3)6-8-16/h5-8,12,14,17H,9-11,13H2,1-4H3,(H,24,25)/t17-,22+,23-/m1/s1. The Kier molecular flexibility index (Phi) is 5.79. The molecule has 0 radical (unpaired) electrons. The highest BCUT2D eigenvalue weighted by Gasteiger charge is 2.65. The molecule has 2 aliphatic rings. The van der Waals surface area contributed by atoms with Gasteiger partial charge in [0, 0.05) is 30.5 Å². The van der Waals surface area contributed by atoms with Gasteiger partial charge in [0.1, 0.15) is 6.10 Å². The molecule has 1 aromatic heterocycles. The minimum atomic E-state index is -1.28. The number of aryl methyl sites for hydroxylation is 1. The van der Waals surface area contributed by atoms with E-state index in [1.54, 1.807) is 6.92 Å². The van der Waals surface area contributed by atoms with Crippen LogP contribution in [0.2, 0.25) is 0 Å². The van der Waals surface area contributed by atoms with E-state index in [1.165, 1.54) is 16.9 Å². The van der Waals surface area contributed by atoms with Gasteiger partial charge in [0.25, 0.3) is 0 Å². The van der Waals surface area contributed by atoms with E-state index in [2.05, 4.69) is 24.1 Å². The van der Waals surface area contributed by atoms with Gasteiger partial charge in [-0.05, 0) is 31.9 Å². The zero-order chi connectivity index (χ0) is 22.2. The number of thiazole rings is 1. The summed E-state index contributed by atoms with van der Waals surface area (Å²) in [5.74, 6) is -0.668. The molecule has 7 nitrogen and oxygen atoms in total. The maximum absolute atomic E-state index is 12.9. The second-order valence-corrected chi connectivity index (χ2v) is 9.93. The SMILES string of the molecule is Cc1ccc(Nc2nc([C@]3(C)C[C@@]4(C[C@H](COCC(C)C)OC4=O)C(=O)O3)cs2)cc1. The van der Waals surface area contributed by atoms with Gasteiger partial charge in [-0.25, -0.2) is 4.98 Å². The van der Waals surface area contributed by atoms with Crippen molar-refractivity contribution in [3.05, 3.63) is 40.9 Å². The van der Waals surface area contributed by atoms with Gasteiger partial charge in [-0.1, -0.05) is 31.5 Å². The van der Waals surface area contributed by atoms with Crippen molar-refractivity contribution in [1.29, 1.82) is 0 Å². The molecule has 2 fully saturated rings. The Morgan fingerprint density at radius 1 is 1.26 bits per heavy atom. The Balaban J connectivity index is 1.46. The molecule has 0 aliphatic carbocycles. The van der Waals surface area contributed by atoms with Crippen LogP contribution in [0.1, 0.15) is 44.9 Å². The Bertz CT molecular complexity index is 973. The van der Waals surface area contributed by atoms with Crippen LogP contribution in [0.15, 0.2) is 29.6 Å². The molecule has 31 heavy (non-hydrogen) atoms. The summed E-state index contributed by atoms with van der Waals surface area (Å²) in [5.41, 5.74) is 0.477. The number of aromatic nitrogens is 1. The average molecular weight is 445 g/mol. The van der Waals surface area contributed by atoms with Gasteiger partial charge in [-0.2, -0.15) is 0 Å². The Hall–Kier alpha value is -2.45. The van der Waals surface area contributed by atoms with E-state index in [0.29, 0.717) is 23.4 Å². The molecular formula is C23H28N2O5S. The minimum absolute atomic E-state index is 0.214. The second-order valence-electron chi connectivity index (χ2n) is 9.07. The fraction of sp³-hybridized carbons (Fsp3) is 0.522. The maximum atomic E-state index is 12.9. The van der Waals surface area contributed by atoms with Gasteiger partial charge >= 0.3 is 11.9 Å². The van der Waals surface area contributed by atoms with Crippen molar-refractivity contribution in [2.45, 2.75) is 52.2 Å². The zero-order valence-corrected chi connectivity index (χ0v) is 19.1. The number of rotatable bonds is 7. The van der Waals surface area contributed by atoms with Crippen LogP contribution in [0.3, 0.4) is 0 Å². The second kappa shape index (κ2) is 8.24. The fourth-order valence-corrected chi connectivity index (χ4v) is 4.93. The summed E-state index contributed by atoms with van der Waals surface area (Å²) in [7, 11) is 0. The summed E-state index contributed by atoms with van der Waals surface area (Å²) in [4.78, 5) is 30.2. The molecule has 3 atom stereocenters. The van der Waals surface area contributed by atoms with Gasteiger partial charge in [-0.15, -0.1) is 11.3 Å². The lowest BCUT2D eigenvalue weighted by atomic mass is 9.78. The minimum Gasteiger partial charge on any atom is -0.459 e. The number of esters is 2. The first-order valence-electron chi connectivity index (χ1n) is 10.5. The predicted octanol–water partition coefficient (Wildman–Crippen LogP) is 4.33. The average Bonchev–Trinajstić information content (AvgIpc) is 3.36. The molecule has 0 unspecified atom stereocenters. The molecule has 166 valence electrons. The monoisotopic (exact) mass is 444 g/mol. The van der Waals surface area contributed by atoms with Gasteiger partial charge in [0.05, 0.1) is 12.3 Å².